The molecule has 0 fully saturated rings. The predicted molar refractivity (Wildman–Crippen MR) is 101 cm³/mol. The summed E-state index contributed by atoms with van der Waals surface area (Å²) in [5.41, 5.74) is 1.27. The molecule has 0 spiro atoms. The molecular weight excluding hydrogens is 383 g/mol. The van der Waals surface area contributed by atoms with Crippen LogP contribution in [0.5, 0.6) is 0 Å². The molecule has 2 aromatic carbocycles. The average molecular weight is 400 g/mol. The first-order valence-corrected chi connectivity index (χ1v) is 10.1. The van der Waals surface area contributed by atoms with Crippen LogP contribution in [0.15, 0.2) is 59.8 Å². The smallest absolute Gasteiger partial charge is 0.276 e. The monoisotopic (exact) mass is 400 g/mol. The molecule has 7 nitrogen and oxygen atoms in total. The summed E-state index contributed by atoms with van der Waals surface area (Å²) in [5, 5.41) is 2.61. The third kappa shape index (κ3) is 2.98. The number of nitrogens with zero attached hydrogens (tertiary/aromatic N) is 3. The highest BCUT2D eigenvalue weighted by Crippen LogP contribution is 2.31. The van der Waals surface area contributed by atoms with Crippen molar-refractivity contribution in [3.05, 3.63) is 72.1 Å². The van der Waals surface area contributed by atoms with Gasteiger partial charge in [0.05, 0.1) is 17.9 Å². The number of hydrogen-bond donors (Lipinski definition) is 1. The predicted octanol–water partition coefficient (Wildman–Crippen LogP) is 2.79. The van der Waals surface area contributed by atoms with Crippen LogP contribution in [0.1, 0.15) is 23.1 Å². The Morgan fingerprint density at radius 3 is 2.75 bits per heavy atom. The first kappa shape index (κ1) is 18.3. The van der Waals surface area contributed by atoms with Gasteiger partial charge in [-0.1, -0.05) is 25.1 Å². The molecule has 1 N–H and O–H groups in total. The second-order valence-electron chi connectivity index (χ2n) is 6.27. The number of fused-ring (bicyclic) bond motifs is 3. The largest absolute Gasteiger partial charge is 0.320 e. The summed E-state index contributed by atoms with van der Waals surface area (Å²) in [6, 6.07) is 12.1. The van der Waals surface area contributed by atoms with Crippen molar-refractivity contribution in [2.24, 2.45) is 0 Å². The number of carbonyl (C=O) groups is 1. The Morgan fingerprint density at radius 1 is 1.21 bits per heavy atom. The third-order valence-corrected chi connectivity index (χ3v) is 6.55. The first-order chi connectivity index (χ1) is 13.4. The number of hydrogen-bond acceptors (Lipinski definition) is 4. The number of rotatable bonds is 3. The summed E-state index contributed by atoms with van der Waals surface area (Å²) in [6.07, 6.45) is 1.43. The van der Waals surface area contributed by atoms with Crippen LogP contribution >= 0.6 is 0 Å². The maximum atomic E-state index is 13.4. The molecule has 1 aromatic heterocycles. The van der Waals surface area contributed by atoms with Gasteiger partial charge in [-0.3, -0.25) is 9.36 Å². The van der Waals surface area contributed by atoms with E-state index in [0.717, 1.165) is 0 Å². The number of carbonyl (C=O) groups excluding carboxylic acids is 1. The molecule has 4 rings (SSSR count). The lowest BCUT2D eigenvalue weighted by Gasteiger charge is -2.18. The van der Waals surface area contributed by atoms with Gasteiger partial charge in [-0.15, -0.1) is 0 Å². The molecule has 144 valence electrons. The molecule has 0 unspecified atom stereocenters. The van der Waals surface area contributed by atoms with Gasteiger partial charge in [0.1, 0.15) is 17.0 Å². The minimum Gasteiger partial charge on any atom is -0.320 e. The Morgan fingerprint density at radius 2 is 2.00 bits per heavy atom. The van der Waals surface area contributed by atoms with Crippen LogP contribution in [0.2, 0.25) is 0 Å². The summed E-state index contributed by atoms with van der Waals surface area (Å²) in [5.74, 6) is -1.01. The highest BCUT2D eigenvalue weighted by molar-refractivity contribution is 7.89. The number of para-hydroxylation sites is 1. The number of nitrogens with one attached hydrogen (secondary N) is 1. The molecular formula is C19H17FN4O3S. The van der Waals surface area contributed by atoms with Gasteiger partial charge in [-0.25, -0.2) is 17.8 Å². The van der Waals surface area contributed by atoms with Crippen molar-refractivity contribution in [1.29, 1.82) is 0 Å². The summed E-state index contributed by atoms with van der Waals surface area (Å²) < 4.78 is 42.3. The van der Waals surface area contributed by atoms with Crippen molar-refractivity contribution in [1.82, 2.24) is 13.9 Å². The van der Waals surface area contributed by atoms with Crippen molar-refractivity contribution in [3.8, 4) is 5.69 Å². The lowest BCUT2D eigenvalue weighted by atomic mass is 10.2. The number of anilines is 1. The van der Waals surface area contributed by atoms with Gasteiger partial charge in [0, 0.05) is 12.2 Å². The van der Waals surface area contributed by atoms with E-state index in [-0.39, 0.29) is 23.7 Å². The Kier molecular flexibility index (Phi) is 4.48. The molecule has 1 amide bonds. The van der Waals surface area contributed by atoms with E-state index in [0.29, 0.717) is 17.1 Å². The fourth-order valence-corrected chi connectivity index (χ4v) is 4.82. The molecule has 0 saturated carbocycles. The quantitative estimate of drug-likeness (QED) is 0.733. The molecule has 28 heavy (non-hydrogen) atoms. The van der Waals surface area contributed by atoms with E-state index in [9.17, 15) is 17.6 Å². The molecule has 1 aliphatic heterocycles. The lowest BCUT2D eigenvalue weighted by Crippen LogP contribution is -2.30. The van der Waals surface area contributed by atoms with Crippen molar-refractivity contribution in [2.45, 2.75) is 18.4 Å². The number of aromatic nitrogens is 2. The summed E-state index contributed by atoms with van der Waals surface area (Å²) in [4.78, 5) is 17.1. The van der Waals surface area contributed by atoms with Crippen LogP contribution < -0.4 is 5.32 Å². The van der Waals surface area contributed by atoms with Crippen LogP contribution in [-0.4, -0.2) is 34.7 Å². The van der Waals surface area contributed by atoms with Crippen LogP contribution in [0.4, 0.5) is 10.1 Å². The summed E-state index contributed by atoms with van der Waals surface area (Å²) in [7, 11) is -3.71. The van der Waals surface area contributed by atoms with E-state index in [1.165, 1.54) is 34.9 Å². The average Bonchev–Trinajstić information content (AvgIpc) is 3.06. The zero-order valence-corrected chi connectivity index (χ0v) is 15.8. The van der Waals surface area contributed by atoms with Gasteiger partial charge in [-0.05, 0) is 30.3 Å². The van der Waals surface area contributed by atoms with Crippen molar-refractivity contribution >= 4 is 21.6 Å². The van der Waals surface area contributed by atoms with Gasteiger partial charge < -0.3 is 5.32 Å². The molecule has 3 aromatic rings. The molecule has 0 aliphatic carbocycles. The number of imidazole rings is 1. The van der Waals surface area contributed by atoms with Gasteiger partial charge in [0.15, 0.2) is 5.69 Å². The molecule has 2 heterocycles. The highest BCUT2D eigenvalue weighted by atomic mass is 32.2. The summed E-state index contributed by atoms with van der Waals surface area (Å²) >= 11 is 0. The minimum atomic E-state index is -3.71. The normalized spacial score (nSPS) is 15.4. The molecule has 0 atom stereocenters. The standard InChI is InChI=1S/C19H17FN4O3S/c1-2-23-11-16-18(19(25)22-14-7-5-6-13(20)10-14)21-12-24(16)15-8-3-4-9-17(15)28(23,26)27/h3-10,12H,2,11H2,1H3,(H,22,25). The Labute approximate surface area is 161 Å². The molecule has 9 heteroatoms. The Bertz CT molecular complexity index is 1170. The lowest BCUT2D eigenvalue weighted by molar-refractivity contribution is 0.102. The fraction of sp³-hybridized carbons (Fsp3) is 0.158. The van der Waals surface area contributed by atoms with Crippen LogP contribution in [0.3, 0.4) is 0 Å². The van der Waals surface area contributed by atoms with E-state index in [1.807, 2.05) is 0 Å². The number of halogens is 1. The van der Waals surface area contributed by atoms with Crippen molar-refractivity contribution in [2.75, 3.05) is 11.9 Å². The van der Waals surface area contributed by atoms with Crippen LogP contribution in [0, 0.1) is 5.82 Å². The Balaban J connectivity index is 1.81. The maximum Gasteiger partial charge on any atom is 0.276 e. The van der Waals surface area contributed by atoms with E-state index in [4.69, 9.17) is 0 Å². The molecule has 0 radical (unpaired) electrons. The molecule has 1 aliphatic rings. The van der Waals surface area contributed by atoms with Crippen molar-refractivity contribution in [3.63, 3.8) is 0 Å². The van der Waals surface area contributed by atoms with Crippen LogP contribution in [0.25, 0.3) is 5.69 Å². The second kappa shape index (κ2) is 6.84. The van der Waals surface area contributed by atoms with E-state index in [2.05, 4.69) is 10.3 Å². The fourth-order valence-electron chi connectivity index (χ4n) is 3.23. The topological polar surface area (TPSA) is 84.3 Å². The zero-order valence-electron chi connectivity index (χ0n) is 15.0. The molecule has 0 saturated heterocycles. The number of amides is 1. The highest BCUT2D eigenvalue weighted by Gasteiger charge is 2.33. The van der Waals surface area contributed by atoms with Crippen LogP contribution in [-0.2, 0) is 16.6 Å². The summed E-state index contributed by atoms with van der Waals surface area (Å²) in [6.45, 7) is 1.98. The van der Waals surface area contributed by atoms with Gasteiger partial charge in [0.25, 0.3) is 5.91 Å². The number of sulfonamides is 1. The van der Waals surface area contributed by atoms with Gasteiger partial charge in [-0.2, -0.15) is 4.31 Å². The number of benzene rings is 2. The van der Waals surface area contributed by atoms with E-state index >= 15 is 0 Å². The second-order valence-corrected chi connectivity index (χ2v) is 8.18. The molecule has 0 bridgehead atoms. The zero-order chi connectivity index (χ0) is 19.9. The third-order valence-electron chi connectivity index (χ3n) is 4.59. The van der Waals surface area contributed by atoms with Gasteiger partial charge in [0.2, 0.25) is 10.0 Å². The first-order valence-electron chi connectivity index (χ1n) is 8.64. The van der Waals surface area contributed by atoms with E-state index < -0.39 is 21.7 Å². The maximum absolute atomic E-state index is 13.4. The SMILES string of the molecule is CCN1Cc2c(C(=O)Nc3cccc(F)c3)ncn2-c2ccccc2S1(=O)=O. The van der Waals surface area contributed by atoms with Gasteiger partial charge >= 0.3 is 0 Å². The Hall–Kier alpha value is -3.04. The van der Waals surface area contributed by atoms with Crippen molar-refractivity contribution < 1.29 is 17.6 Å². The van der Waals surface area contributed by atoms with E-state index in [1.54, 1.807) is 35.8 Å². The minimum absolute atomic E-state index is 0.000578.